The number of rotatable bonds is 8. The molecule has 1 aliphatic rings. The Bertz CT molecular complexity index is 1310. The van der Waals surface area contributed by atoms with Crippen LogP contribution in [0.5, 0.6) is 0 Å². The Hall–Kier alpha value is -3.72. The third kappa shape index (κ3) is 4.38. The normalized spacial score (nSPS) is 14.4. The Morgan fingerprint density at radius 3 is 2.76 bits per heavy atom. The molecule has 0 aliphatic carbocycles. The third-order valence-electron chi connectivity index (χ3n) is 6.24. The number of nitrogens with one attached hydrogen (secondary N) is 1. The summed E-state index contributed by atoms with van der Waals surface area (Å²) in [5.41, 5.74) is 6.42. The number of hydrogen-bond acceptors (Lipinski definition) is 7. The maximum Gasteiger partial charge on any atom is 0.228 e. The summed E-state index contributed by atoms with van der Waals surface area (Å²) >= 11 is 0. The Balaban J connectivity index is 1.39. The summed E-state index contributed by atoms with van der Waals surface area (Å²) in [6, 6.07) is 1.87. The van der Waals surface area contributed by atoms with E-state index in [1.807, 2.05) is 24.7 Å². The first-order chi connectivity index (χ1) is 16.5. The van der Waals surface area contributed by atoms with Gasteiger partial charge in [-0.3, -0.25) is 4.90 Å². The van der Waals surface area contributed by atoms with E-state index in [0.717, 1.165) is 54.4 Å². The zero-order valence-electron chi connectivity index (χ0n) is 20.1. The molecule has 9 nitrogen and oxygen atoms in total. The van der Waals surface area contributed by atoms with E-state index < -0.39 is 0 Å². The van der Waals surface area contributed by atoms with Gasteiger partial charge in [0, 0.05) is 60.8 Å². The minimum atomic E-state index is 0.523. The van der Waals surface area contributed by atoms with Crippen LogP contribution in [0.3, 0.4) is 0 Å². The van der Waals surface area contributed by atoms with Crippen molar-refractivity contribution in [2.45, 2.75) is 40.2 Å². The largest absolute Gasteiger partial charge is 0.444 e. The van der Waals surface area contributed by atoms with Crippen molar-refractivity contribution >= 4 is 12.0 Å². The first-order valence-corrected chi connectivity index (χ1v) is 11.7. The van der Waals surface area contributed by atoms with E-state index in [1.165, 1.54) is 17.7 Å². The van der Waals surface area contributed by atoms with Crippen molar-refractivity contribution in [3.05, 3.63) is 65.3 Å². The molecular weight excluding hydrogens is 428 g/mol. The molecule has 9 heteroatoms. The highest BCUT2D eigenvalue weighted by Gasteiger charge is 2.18. The Morgan fingerprint density at radius 2 is 2.06 bits per heavy atom. The van der Waals surface area contributed by atoms with Crippen LogP contribution in [0.1, 0.15) is 42.8 Å². The molecule has 0 amide bonds. The fourth-order valence-electron chi connectivity index (χ4n) is 4.33. The Kier molecular flexibility index (Phi) is 6.02. The van der Waals surface area contributed by atoms with Gasteiger partial charge in [0.25, 0.3) is 0 Å². The highest BCUT2D eigenvalue weighted by atomic mass is 16.3. The molecule has 0 spiro atoms. The number of likely N-dealkylation sites (tertiary alicyclic amines) is 1. The van der Waals surface area contributed by atoms with Crippen LogP contribution in [0.15, 0.2) is 47.2 Å². The predicted octanol–water partition coefficient (Wildman–Crippen LogP) is 4.21. The minimum Gasteiger partial charge on any atom is -0.444 e. The van der Waals surface area contributed by atoms with E-state index in [-0.39, 0.29) is 0 Å². The van der Waals surface area contributed by atoms with Crippen LogP contribution < -0.4 is 5.32 Å². The van der Waals surface area contributed by atoms with Crippen molar-refractivity contribution in [2.75, 3.05) is 18.4 Å². The molecule has 0 unspecified atom stereocenters. The Labute approximate surface area is 199 Å². The van der Waals surface area contributed by atoms with Gasteiger partial charge in [0.15, 0.2) is 5.82 Å². The number of oxazole rings is 1. The molecular formula is C25H30N8O. The molecule has 5 rings (SSSR count). The van der Waals surface area contributed by atoms with Crippen molar-refractivity contribution in [3.63, 3.8) is 0 Å². The second kappa shape index (κ2) is 9.26. The van der Waals surface area contributed by atoms with Crippen LogP contribution in [0.2, 0.25) is 0 Å². The maximum atomic E-state index is 5.57. The molecule has 0 aromatic carbocycles. The lowest BCUT2D eigenvalue weighted by atomic mass is 10.1. The molecule has 0 radical (unpaired) electrons. The van der Waals surface area contributed by atoms with Crippen LogP contribution >= 0.6 is 0 Å². The molecule has 0 atom stereocenters. The van der Waals surface area contributed by atoms with Crippen molar-refractivity contribution < 1.29 is 4.42 Å². The highest BCUT2D eigenvalue weighted by Crippen LogP contribution is 2.29. The summed E-state index contributed by atoms with van der Waals surface area (Å²) in [6.07, 6.45) is 13.4. The van der Waals surface area contributed by atoms with Gasteiger partial charge in [0.1, 0.15) is 6.26 Å². The molecule has 1 aliphatic heterocycles. The molecule has 34 heavy (non-hydrogen) atoms. The molecule has 176 valence electrons. The van der Waals surface area contributed by atoms with Crippen LogP contribution in [-0.4, -0.2) is 47.3 Å². The number of aromatic nitrogens is 6. The number of hydrogen-bond donors (Lipinski definition) is 1. The average molecular weight is 459 g/mol. The van der Waals surface area contributed by atoms with E-state index in [1.54, 1.807) is 18.7 Å². The number of anilines is 1. The van der Waals surface area contributed by atoms with E-state index in [0.29, 0.717) is 11.8 Å². The van der Waals surface area contributed by atoms with Gasteiger partial charge in [-0.05, 0) is 45.9 Å². The molecule has 1 fully saturated rings. The molecule has 4 aromatic heterocycles. The van der Waals surface area contributed by atoms with Gasteiger partial charge in [0.05, 0.1) is 17.5 Å². The zero-order valence-corrected chi connectivity index (χ0v) is 20.1. The second-order valence-electron chi connectivity index (χ2n) is 8.71. The van der Waals surface area contributed by atoms with E-state index in [4.69, 9.17) is 9.40 Å². The van der Waals surface area contributed by atoms with E-state index >= 15 is 0 Å². The molecule has 1 N–H and O–H groups in total. The van der Waals surface area contributed by atoms with Crippen molar-refractivity contribution in [1.29, 1.82) is 0 Å². The topological polar surface area (TPSA) is 89.8 Å². The number of allylic oxidation sites excluding steroid dienone is 1. The molecule has 0 saturated carbocycles. The smallest absolute Gasteiger partial charge is 0.228 e. The lowest BCUT2D eigenvalue weighted by molar-refractivity contribution is 0.172. The third-order valence-corrected chi connectivity index (χ3v) is 6.24. The van der Waals surface area contributed by atoms with E-state index in [2.05, 4.69) is 62.2 Å². The van der Waals surface area contributed by atoms with Crippen molar-refractivity contribution in [1.82, 2.24) is 34.2 Å². The summed E-state index contributed by atoms with van der Waals surface area (Å²) in [6.45, 7) is 9.46. The molecule has 0 bridgehead atoms. The lowest BCUT2D eigenvalue weighted by Gasteiger charge is -2.30. The molecule has 5 heterocycles. The monoisotopic (exact) mass is 458 g/mol. The summed E-state index contributed by atoms with van der Waals surface area (Å²) < 4.78 is 9.53. The maximum absolute atomic E-state index is 5.57. The summed E-state index contributed by atoms with van der Waals surface area (Å²) in [7, 11) is 2.04. The van der Waals surface area contributed by atoms with Crippen LogP contribution in [0.4, 0.5) is 5.95 Å². The quantitative estimate of drug-likeness (QED) is 0.423. The Morgan fingerprint density at radius 1 is 1.21 bits per heavy atom. The summed E-state index contributed by atoms with van der Waals surface area (Å²) in [5.74, 6) is 1.86. The zero-order chi connectivity index (χ0) is 23.7. The van der Waals surface area contributed by atoms with Crippen LogP contribution in [0.25, 0.3) is 23.3 Å². The van der Waals surface area contributed by atoms with Crippen LogP contribution in [0, 0.1) is 6.92 Å². The second-order valence-corrected chi connectivity index (χ2v) is 8.71. The average Bonchev–Trinajstić information content (AvgIpc) is 3.50. The summed E-state index contributed by atoms with van der Waals surface area (Å²) in [5, 5.41) is 8.02. The first kappa shape index (κ1) is 22.1. The molecule has 4 aromatic rings. The number of nitrogens with zero attached hydrogens (tertiary/aromatic N) is 7. The van der Waals surface area contributed by atoms with Gasteiger partial charge in [0.2, 0.25) is 11.8 Å². The lowest BCUT2D eigenvalue weighted by Crippen LogP contribution is -2.36. The highest BCUT2D eigenvalue weighted by molar-refractivity contribution is 5.74. The van der Waals surface area contributed by atoms with Crippen molar-refractivity contribution in [2.24, 2.45) is 7.05 Å². The fourth-order valence-corrected chi connectivity index (χ4v) is 4.33. The van der Waals surface area contributed by atoms with Gasteiger partial charge in [-0.15, -0.1) is 0 Å². The van der Waals surface area contributed by atoms with E-state index in [9.17, 15) is 0 Å². The van der Waals surface area contributed by atoms with Gasteiger partial charge >= 0.3 is 0 Å². The van der Waals surface area contributed by atoms with Gasteiger partial charge in [-0.25, -0.2) is 14.6 Å². The van der Waals surface area contributed by atoms with Crippen LogP contribution in [-0.2, 0) is 20.0 Å². The minimum absolute atomic E-state index is 0.523. The summed E-state index contributed by atoms with van der Waals surface area (Å²) in [4.78, 5) is 15.9. The molecule has 1 saturated heterocycles. The number of aryl methyl sites for hydroxylation is 2. The van der Waals surface area contributed by atoms with Gasteiger partial charge in [-0.1, -0.05) is 6.92 Å². The predicted molar refractivity (Wildman–Crippen MR) is 131 cm³/mol. The SMILES string of the molecule is CCc1c(/C=C(\C)Nc2nccc(-n3cc(CN4CCC4)c(C)n3)n2)c(-c2ncco2)cn1C. The standard InChI is InChI=1S/C25H30N8O/c1-5-22-20(21(16-31(22)4)24-26-9-12-34-24)13-17(2)28-25-27-8-7-23(29-25)33-15-19(18(3)30-33)14-32-10-6-11-32/h7-9,12-13,15-16H,5-6,10-11,14H2,1-4H3,(H,27,28,29)/b17-13+. The van der Waals surface area contributed by atoms with Crippen molar-refractivity contribution in [3.8, 4) is 17.3 Å². The fraction of sp³-hybridized carbons (Fsp3) is 0.360. The first-order valence-electron chi connectivity index (χ1n) is 11.7. The van der Waals surface area contributed by atoms with Gasteiger partial charge in [-0.2, -0.15) is 10.1 Å². The van der Waals surface area contributed by atoms with Gasteiger partial charge < -0.3 is 14.3 Å².